The zero-order valence-corrected chi connectivity index (χ0v) is 11.4. The third-order valence-corrected chi connectivity index (χ3v) is 3.77. The van der Waals surface area contributed by atoms with Gasteiger partial charge >= 0.3 is 0 Å². The van der Waals surface area contributed by atoms with Crippen LogP contribution in [0.3, 0.4) is 0 Å². The topological polar surface area (TPSA) is 0 Å². The average Bonchev–Trinajstić information content (AvgIpc) is 2.31. The van der Waals surface area contributed by atoms with Gasteiger partial charge in [0.1, 0.15) is 23.3 Å². The highest BCUT2D eigenvalue weighted by Gasteiger charge is 2.21. The van der Waals surface area contributed by atoms with Crippen molar-refractivity contribution < 1.29 is 17.6 Å². The van der Waals surface area contributed by atoms with Crippen molar-refractivity contribution >= 4 is 15.9 Å². The molecule has 2 aromatic rings. The lowest BCUT2D eigenvalue weighted by Gasteiger charge is -2.13. The number of benzene rings is 2. The predicted octanol–water partition coefficient (Wildman–Crippen LogP) is 5.04. The Hall–Kier alpha value is -1.36. The van der Waals surface area contributed by atoms with Crippen LogP contribution in [0, 0.1) is 30.2 Å². The molecule has 0 bridgehead atoms. The molecule has 2 aromatic carbocycles. The minimum absolute atomic E-state index is 0.343. The molecule has 0 amide bonds. The first kappa shape index (κ1) is 14.1. The number of hydrogen-bond acceptors (Lipinski definition) is 0. The molecule has 2 rings (SSSR count). The van der Waals surface area contributed by atoms with Crippen LogP contribution in [0.25, 0.3) is 0 Å². The average molecular weight is 333 g/mol. The van der Waals surface area contributed by atoms with Gasteiger partial charge in [0, 0.05) is 17.7 Å². The minimum atomic E-state index is -1.01. The van der Waals surface area contributed by atoms with Crippen molar-refractivity contribution in [3.05, 3.63) is 70.3 Å². The molecule has 5 heteroatoms. The molecule has 0 spiro atoms. The minimum Gasteiger partial charge on any atom is -0.207 e. The first-order valence-corrected chi connectivity index (χ1v) is 6.36. The molecule has 0 aliphatic heterocycles. The first-order valence-electron chi connectivity index (χ1n) is 5.44. The smallest absolute Gasteiger partial charge is 0.133 e. The summed E-state index contributed by atoms with van der Waals surface area (Å²) in [4.78, 5) is -0.886. The lowest BCUT2D eigenvalue weighted by molar-refractivity contribution is 0.527. The molecular weight excluding hydrogens is 324 g/mol. The fraction of sp³-hybridized carbons (Fsp3) is 0.143. The molecule has 0 aliphatic rings. The first-order chi connectivity index (χ1) is 8.90. The number of halogens is 5. The Morgan fingerprint density at radius 3 is 2.00 bits per heavy atom. The van der Waals surface area contributed by atoms with Crippen LogP contribution in [-0.2, 0) is 0 Å². The Morgan fingerprint density at radius 2 is 1.47 bits per heavy atom. The van der Waals surface area contributed by atoms with Gasteiger partial charge in [0.05, 0.1) is 4.83 Å². The molecule has 0 N–H and O–H groups in total. The Balaban J connectivity index is 2.49. The van der Waals surface area contributed by atoms with Gasteiger partial charge in [-0.25, -0.2) is 17.6 Å². The van der Waals surface area contributed by atoms with Crippen molar-refractivity contribution in [3.63, 3.8) is 0 Å². The summed E-state index contributed by atoms with van der Waals surface area (Å²) in [7, 11) is 0. The summed E-state index contributed by atoms with van der Waals surface area (Å²) in [6, 6.07) is 5.45. The number of alkyl halides is 1. The van der Waals surface area contributed by atoms with Crippen LogP contribution in [0.2, 0.25) is 0 Å². The highest BCUT2D eigenvalue weighted by atomic mass is 79.9. The van der Waals surface area contributed by atoms with Crippen LogP contribution in [-0.4, -0.2) is 0 Å². The van der Waals surface area contributed by atoms with Crippen molar-refractivity contribution in [2.45, 2.75) is 11.8 Å². The van der Waals surface area contributed by atoms with Gasteiger partial charge in [0.2, 0.25) is 0 Å². The van der Waals surface area contributed by atoms with Crippen LogP contribution >= 0.6 is 15.9 Å². The van der Waals surface area contributed by atoms with Crippen molar-refractivity contribution in [3.8, 4) is 0 Å². The van der Waals surface area contributed by atoms with Gasteiger partial charge in [0.25, 0.3) is 0 Å². The van der Waals surface area contributed by atoms with Crippen LogP contribution in [0.15, 0.2) is 30.3 Å². The van der Waals surface area contributed by atoms with Crippen molar-refractivity contribution in [1.82, 2.24) is 0 Å². The van der Waals surface area contributed by atoms with Gasteiger partial charge in [-0.3, -0.25) is 0 Å². The van der Waals surface area contributed by atoms with Gasteiger partial charge in [-0.05, 0) is 24.1 Å². The Labute approximate surface area is 116 Å². The quantitative estimate of drug-likeness (QED) is 0.534. The normalized spacial score (nSPS) is 12.5. The van der Waals surface area contributed by atoms with E-state index < -0.39 is 28.1 Å². The third kappa shape index (κ3) is 2.81. The maximum absolute atomic E-state index is 13.6. The van der Waals surface area contributed by atoms with Gasteiger partial charge in [-0.15, -0.1) is 0 Å². The van der Waals surface area contributed by atoms with E-state index in [0.717, 1.165) is 0 Å². The van der Waals surface area contributed by atoms with E-state index >= 15 is 0 Å². The highest BCUT2D eigenvalue weighted by molar-refractivity contribution is 9.09. The van der Waals surface area contributed by atoms with Crippen LogP contribution < -0.4 is 0 Å². The second-order valence-corrected chi connectivity index (χ2v) is 5.07. The van der Waals surface area contributed by atoms with Gasteiger partial charge in [0.15, 0.2) is 0 Å². The standard InChI is InChI=1S/C14H9BrF4/c1-7-2-3-8(4-10(7)17)14(15)13-11(18)5-9(16)6-12(13)19/h2-6,14H,1H3. The van der Waals surface area contributed by atoms with Crippen molar-refractivity contribution in [2.75, 3.05) is 0 Å². The van der Waals surface area contributed by atoms with E-state index in [2.05, 4.69) is 15.9 Å². The third-order valence-electron chi connectivity index (χ3n) is 2.79. The monoisotopic (exact) mass is 332 g/mol. The molecule has 0 fully saturated rings. The molecule has 19 heavy (non-hydrogen) atoms. The SMILES string of the molecule is Cc1ccc(C(Br)c2c(F)cc(F)cc2F)cc1F. The predicted molar refractivity (Wildman–Crippen MR) is 68.2 cm³/mol. The van der Waals surface area contributed by atoms with E-state index in [1.165, 1.54) is 12.1 Å². The van der Waals surface area contributed by atoms with Gasteiger partial charge in [-0.2, -0.15) is 0 Å². The maximum Gasteiger partial charge on any atom is 0.133 e. The molecule has 0 heterocycles. The van der Waals surface area contributed by atoms with Gasteiger partial charge < -0.3 is 0 Å². The molecule has 1 unspecified atom stereocenters. The second-order valence-electron chi connectivity index (χ2n) is 4.15. The number of rotatable bonds is 2. The lowest BCUT2D eigenvalue weighted by atomic mass is 10.0. The van der Waals surface area contributed by atoms with Crippen LogP contribution in [0.4, 0.5) is 17.6 Å². The fourth-order valence-corrected chi connectivity index (χ4v) is 2.45. The summed E-state index contributed by atoms with van der Waals surface area (Å²) >= 11 is 3.11. The maximum atomic E-state index is 13.6. The molecule has 0 saturated carbocycles. The van der Waals surface area contributed by atoms with E-state index in [1.807, 2.05) is 0 Å². The van der Waals surface area contributed by atoms with Crippen LogP contribution in [0.1, 0.15) is 21.5 Å². The van der Waals surface area contributed by atoms with E-state index in [0.29, 0.717) is 23.3 Å². The molecule has 0 aromatic heterocycles. The van der Waals surface area contributed by atoms with E-state index in [-0.39, 0.29) is 5.56 Å². The number of aryl methyl sites for hydroxylation is 1. The largest absolute Gasteiger partial charge is 0.207 e. The summed E-state index contributed by atoms with van der Waals surface area (Å²) in [6.45, 7) is 1.58. The summed E-state index contributed by atoms with van der Waals surface area (Å²) in [5, 5.41) is 0. The fourth-order valence-electron chi connectivity index (χ4n) is 1.73. The lowest BCUT2D eigenvalue weighted by Crippen LogP contribution is -2.02. The van der Waals surface area contributed by atoms with Crippen molar-refractivity contribution in [2.24, 2.45) is 0 Å². The Bertz CT molecular complexity index is 602. The summed E-state index contributed by atoms with van der Waals surface area (Å²) < 4.78 is 53.5. The molecule has 0 saturated heterocycles. The summed E-state index contributed by atoms with van der Waals surface area (Å²) in [6.07, 6.45) is 0. The van der Waals surface area contributed by atoms with E-state index in [9.17, 15) is 17.6 Å². The zero-order chi connectivity index (χ0) is 14.2. The Kier molecular flexibility index (Phi) is 3.94. The van der Waals surface area contributed by atoms with Gasteiger partial charge in [-0.1, -0.05) is 28.1 Å². The molecule has 1 atom stereocenters. The summed E-state index contributed by atoms with van der Waals surface area (Å²) in [5.74, 6) is -3.49. The molecule has 0 radical (unpaired) electrons. The Morgan fingerprint density at radius 1 is 0.895 bits per heavy atom. The van der Waals surface area contributed by atoms with E-state index in [1.54, 1.807) is 13.0 Å². The van der Waals surface area contributed by atoms with Crippen molar-refractivity contribution in [1.29, 1.82) is 0 Å². The second kappa shape index (κ2) is 5.33. The molecule has 0 nitrogen and oxygen atoms in total. The number of hydrogen-bond donors (Lipinski definition) is 0. The molecule has 100 valence electrons. The van der Waals surface area contributed by atoms with Crippen LogP contribution in [0.5, 0.6) is 0 Å². The summed E-state index contributed by atoms with van der Waals surface area (Å²) in [5.41, 5.74) is 0.445. The zero-order valence-electron chi connectivity index (χ0n) is 9.85. The molecule has 0 aliphatic carbocycles. The molecular formula is C14H9BrF4. The van der Waals surface area contributed by atoms with E-state index in [4.69, 9.17) is 0 Å². The highest BCUT2D eigenvalue weighted by Crippen LogP contribution is 2.35.